The van der Waals surface area contributed by atoms with Crippen LogP contribution in [0, 0.1) is 0 Å². The number of nitrogens with zero attached hydrogens (tertiary/aromatic N) is 1. The summed E-state index contributed by atoms with van der Waals surface area (Å²) in [5.41, 5.74) is 2.21. The van der Waals surface area contributed by atoms with Crippen molar-refractivity contribution < 1.29 is 4.79 Å². The molecule has 0 atom stereocenters. The summed E-state index contributed by atoms with van der Waals surface area (Å²) in [6, 6.07) is 14.5. The number of amides is 1. The molecule has 0 saturated heterocycles. The van der Waals surface area contributed by atoms with Crippen LogP contribution in [-0.2, 0) is 11.2 Å². The number of carbonyl (C=O) groups is 1. The molecule has 1 aromatic carbocycles. The molecule has 1 amide bonds. The van der Waals surface area contributed by atoms with Crippen molar-refractivity contribution in [1.29, 1.82) is 0 Å². The van der Waals surface area contributed by atoms with E-state index in [0.717, 1.165) is 12.1 Å². The van der Waals surface area contributed by atoms with Crippen LogP contribution in [-0.4, -0.2) is 16.9 Å². The third-order valence-electron chi connectivity index (χ3n) is 4.74. The average Bonchev–Trinajstić information content (AvgIpc) is 2.91. The first-order valence-electron chi connectivity index (χ1n) is 9.36. The Morgan fingerprint density at radius 2 is 1.76 bits per heavy atom. The predicted octanol–water partition coefficient (Wildman–Crippen LogP) is 4.79. The van der Waals surface area contributed by atoms with Crippen LogP contribution >= 0.6 is 0 Å². The van der Waals surface area contributed by atoms with Gasteiger partial charge >= 0.3 is 0 Å². The predicted molar refractivity (Wildman–Crippen MR) is 103 cm³/mol. The average molecular weight is 337 g/mol. The van der Waals surface area contributed by atoms with Crippen LogP contribution in [0.1, 0.15) is 50.5 Å². The lowest BCUT2D eigenvalue weighted by atomic mass is 10.1. The largest absolute Gasteiger partial charge is 0.381 e. The molecule has 2 aromatic rings. The lowest BCUT2D eigenvalue weighted by molar-refractivity contribution is -0.116. The van der Waals surface area contributed by atoms with Gasteiger partial charge < -0.3 is 10.6 Å². The molecule has 1 aromatic heterocycles. The van der Waals surface area contributed by atoms with E-state index in [1.165, 1.54) is 44.1 Å². The number of aromatic nitrogens is 1. The van der Waals surface area contributed by atoms with Gasteiger partial charge in [0.2, 0.25) is 5.91 Å². The lowest BCUT2D eigenvalue weighted by Crippen LogP contribution is -2.18. The second-order valence-electron chi connectivity index (χ2n) is 6.80. The Balaban J connectivity index is 1.46. The van der Waals surface area contributed by atoms with Crippen LogP contribution in [0.3, 0.4) is 0 Å². The highest BCUT2D eigenvalue weighted by Gasteiger charge is 2.12. The summed E-state index contributed by atoms with van der Waals surface area (Å²) in [4.78, 5) is 16.4. The highest BCUT2D eigenvalue weighted by molar-refractivity contribution is 5.89. The molecule has 25 heavy (non-hydrogen) atoms. The highest BCUT2D eigenvalue weighted by Crippen LogP contribution is 2.21. The molecule has 1 heterocycles. The Labute approximate surface area is 150 Å². The molecule has 0 aliphatic heterocycles. The molecule has 0 bridgehead atoms. The lowest BCUT2D eigenvalue weighted by Gasteiger charge is -2.17. The highest BCUT2D eigenvalue weighted by atomic mass is 16.1. The van der Waals surface area contributed by atoms with Gasteiger partial charge in [0.1, 0.15) is 5.82 Å². The molecule has 132 valence electrons. The third-order valence-corrected chi connectivity index (χ3v) is 4.74. The molecule has 1 fully saturated rings. The number of anilines is 2. The summed E-state index contributed by atoms with van der Waals surface area (Å²) in [6.45, 7) is 0. The first-order valence-corrected chi connectivity index (χ1v) is 9.36. The van der Waals surface area contributed by atoms with Crippen molar-refractivity contribution in [2.24, 2.45) is 0 Å². The van der Waals surface area contributed by atoms with E-state index in [0.29, 0.717) is 18.3 Å². The van der Waals surface area contributed by atoms with Gasteiger partial charge in [-0.3, -0.25) is 4.79 Å². The number of benzene rings is 1. The summed E-state index contributed by atoms with van der Waals surface area (Å²) < 4.78 is 0. The minimum Gasteiger partial charge on any atom is -0.381 e. The van der Waals surface area contributed by atoms with Gasteiger partial charge in [0.25, 0.3) is 0 Å². The molecule has 2 N–H and O–H groups in total. The van der Waals surface area contributed by atoms with Crippen molar-refractivity contribution in [3.63, 3.8) is 0 Å². The Kier molecular flexibility index (Phi) is 6.43. The van der Waals surface area contributed by atoms with Crippen LogP contribution < -0.4 is 10.6 Å². The van der Waals surface area contributed by atoms with Crippen molar-refractivity contribution in [1.82, 2.24) is 4.98 Å². The first-order chi connectivity index (χ1) is 12.3. The SMILES string of the molecule is O=C(CCc1ccccc1)Nc1ccc(NC2CCCCCC2)cn1. The van der Waals surface area contributed by atoms with E-state index in [1.807, 2.05) is 48.7 Å². The van der Waals surface area contributed by atoms with Crippen LogP contribution in [0.4, 0.5) is 11.5 Å². The van der Waals surface area contributed by atoms with E-state index in [2.05, 4.69) is 15.6 Å². The Hall–Kier alpha value is -2.36. The summed E-state index contributed by atoms with van der Waals surface area (Å²) in [6.07, 6.45) is 10.8. The Bertz CT molecular complexity index is 647. The van der Waals surface area contributed by atoms with Crippen molar-refractivity contribution >= 4 is 17.4 Å². The van der Waals surface area contributed by atoms with Crippen molar-refractivity contribution in [3.05, 3.63) is 54.2 Å². The monoisotopic (exact) mass is 337 g/mol. The minimum absolute atomic E-state index is 0.000769. The van der Waals surface area contributed by atoms with Gasteiger partial charge in [0, 0.05) is 12.5 Å². The van der Waals surface area contributed by atoms with Gasteiger partial charge in [-0.25, -0.2) is 4.98 Å². The zero-order valence-corrected chi connectivity index (χ0v) is 14.7. The summed E-state index contributed by atoms with van der Waals surface area (Å²) in [5.74, 6) is 0.616. The molecule has 3 rings (SSSR count). The van der Waals surface area contributed by atoms with Crippen LogP contribution in [0.25, 0.3) is 0 Å². The number of nitrogens with one attached hydrogen (secondary N) is 2. The molecule has 0 spiro atoms. The fourth-order valence-electron chi connectivity index (χ4n) is 3.32. The zero-order valence-electron chi connectivity index (χ0n) is 14.7. The smallest absolute Gasteiger partial charge is 0.225 e. The minimum atomic E-state index is 0.000769. The molecule has 0 unspecified atom stereocenters. The number of aryl methyl sites for hydroxylation is 1. The van der Waals surface area contributed by atoms with Gasteiger partial charge in [0.05, 0.1) is 11.9 Å². The van der Waals surface area contributed by atoms with Gasteiger partial charge in [-0.2, -0.15) is 0 Å². The number of hydrogen-bond acceptors (Lipinski definition) is 3. The Morgan fingerprint density at radius 1 is 1.00 bits per heavy atom. The molecule has 1 saturated carbocycles. The molecular formula is C21H27N3O. The van der Waals surface area contributed by atoms with Crippen LogP contribution in [0.5, 0.6) is 0 Å². The maximum atomic E-state index is 12.1. The van der Waals surface area contributed by atoms with Gasteiger partial charge in [-0.15, -0.1) is 0 Å². The van der Waals surface area contributed by atoms with Crippen LogP contribution in [0.15, 0.2) is 48.7 Å². The van der Waals surface area contributed by atoms with E-state index in [-0.39, 0.29) is 5.91 Å². The summed E-state index contributed by atoms with van der Waals surface area (Å²) in [5, 5.41) is 6.45. The molecular weight excluding hydrogens is 310 g/mol. The molecule has 0 radical (unpaired) electrons. The summed E-state index contributed by atoms with van der Waals surface area (Å²) in [7, 11) is 0. The first kappa shape index (κ1) is 17.5. The second kappa shape index (κ2) is 9.21. The molecule has 4 heteroatoms. The fraction of sp³-hybridized carbons (Fsp3) is 0.429. The number of hydrogen-bond donors (Lipinski definition) is 2. The number of rotatable bonds is 6. The van der Waals surface area contributed by atoms with E-state index in [1.54, 1.807) is 0 Å². The van der Waals surface area contributed by atoms with Crippen LogP contribution in [0.2, 0.25) is 0 Å². The normalized spacial score (nSPS) is 15.4. The third kappa shape index (κ3) is 5.89. The van der Waals surface area contributed by atoms with Crippen molar-refractivity contribution in [2.75, 3.05) is 10.6 Å². The number of carbonyl (C=O) groups excluding carboxylic acids is 1. The van der Waals surface area contributed by atoms with E-state index in [4.69, 9.17) is 0 Å². The van der Waals surface area contributed by atoms with E-state index in [9.17, 15) is 4.79 Å². The zero-order chi connectivity index (χ0) is 17.3. The van der Waals surface area contributed by atoms with Gasteiger partial charge in [0.15, 0.2) is 0 Å². The maximum Gasteiger partial charge on any atom is 0.225 e. The number of pyridine rings is 1. The second-order valence-corrected chi connectivity index (χ2v) is 6.80. The van der Waals surface area contributed by atoms with Gasteiger partial charge in [-0.05, 0) is 37.0 Å². The van der Waals surface area contributed by atoms with Crippen molar-refractivity contribution in [2.45, 2.75) is 57.4 Å². The Morgan fingerprint density at radius 3 is 2.44 bits per heavy atom. The maximum absolute atomic E-state index is 12.1. The fourth-order valence-corrected chi connectivity index (χ4v) is 3.32. The van der Waals surface area contributed by atoms with Gasteiger partial charge in [-0.1, -0.05) is 56.0 Å². The standard InChI is InChI=1S/C21H27N3O/c25-21(15-12-17-8-4-3-5-9-17)24-20-14-13-19(16-22-20)23-18-10-6-1-2-7-11-18/h3-5,8-9,13-14,16,18,23H,1-2,6-7,10-12,15H2,(H,22,24,25). The molecule has 4 nitrogen and oxygen atoms in total. The summed E-state index contributed by atoms with van der Waals surface area (Å²) >= 11 is 0. The van der Waals surface area contributed by atoms with Crippen molar-refractivity contribution in [3.8, 4) is 0 Å². The topological polar surface area (TPSA) is 54.0 Å². The quantitative estimate of drug-likeness (QED) is 0.745. The van der Waals surface area contributed by atoms with E-state index >= 15 is 0 Å². The molecule has 1 aliphatic rings. The van der Waals surface area contributed by atoms with E-state index < -0.39 is 0 Å². The molecule has 1 aliphatic carbocycles.